The van der Waals surface area contributed by atoms with E-state index in [4.69, 9.17) is 4.42 Å². The zero-order valence-corrected chi connectivity index (χ0v) is 10.1. The van der Waals surface area contributed by atoms with Crippen LogP contribution in [0.2, 0.25) is 0 Å². The monoisotopic (exact) mass is 242 g/mol. The summed E-state index contributed by atoms with van der Waals surface area (Å²) in [6.45, 7) is 2.84. The lowest BCUT2D eigenvalue weighted by Crippen LogP contribution is -2.22. The zero-order valence-electron chi connectivity index (χ0n) is 10.1. The van der Waals surface area contributed by atoms with Gasteiger partial charge in [0.25, 0.3) is 6.01 Å². The van der Waals surface area contributed by atoms with Crippen molar-refractivity contribution in [2.45, 2.75) is 19.5 Å². The van der Waals surface area contributed by atoms with Crippen molar-refractivity contribution in [3.8, 4) is 0 Å². The highest BCUT2D eigenvalue weighted by atomic mass is 16.4. The summed E-state index contributed by atoms with van der Waals surface area (Å²) in [7, 11) is 0. The molecule has 0 aliphatic rings. The molecule has 1 atom stereocenters. The SMILES string of the molecule is CC(Cn1cccn1)Nc1nc2ccccc2o1. The summed E-state index contributed by atoms with van der Waals surface area (Å²) < 4.78 is 7.48. The van der Waals surface area contributed by atoms with Crippen LogP contribution in [0.25, 0.3) is 11.1 Å². The van der Waals surface area contributed by atoms with E-state index in [9.17, 15) is 0 Å². The molecule has 1 unspecified atom stereocenters. The molecular weight excluding hydrogens is 228 g/mol. The number of fused-ring (bicyclic) bond motifs is 1. The van der Waals surface area contributed by atoms with Crippen LogP contribution in [0.15, 0.2) is 47.1 Å². The first-order valence-electron chi connectivity index (χ1n) is 5.91. The third-order valence-corrected chi connectivity index (χ3v) is 2.68. The van der Waals surface area contributed by atoms with Crippen LogP contribution in [0.4, 0.5) is 6.01 Å². The molecule has 18 heavy (non-hydrogen) atoms. The molecule has 3 aromatic rings. The number of para-hydroxylation sites is 2. The number of hydrogen-bond donors (Lipinski definition) is 1. The van der Waals surface area contributed by atoms with Crippen molar-refractivity contribution in [1.82, 2.24) is 14.8 Å². The predicted molar refractivity (Wildman–Crippen MR) is 69.3 cm³/mol. The Kier molecular flexibility index (Phi) is 2.72. The van der Waals surface area contributed by atoms with E-state index in [0.717, 1.165) is 17.6 Å². The summed E-state index contributed by atoms with van der Waals surface area (Å²) >= 11 is 0. The van der Waals surface area contributed by atoms with E-state index in [0.29, 0.717) is 6.01 Å². The second kappa shape index (κ2) is 4.52. The molecule has 0 aliphatic heterocycles. The number of nitrogens with one attached hydrogen (secondary N) is 1. The van der Waals surface area contributed by atoms with E-state index in [1.165, 1.54) is 0 Å². The largest absolute Gasteiger partial charge is 0.424 e. The summed E-state index contributed by atoms with van der Waals surface area (Å²) in [6, 6.07) is 10.4. The van der Waals surface area contributed by atoms with E-state index >= 15 is 0 Å². The third-order valence-electron chi connectivity index (χ3n) is 2.68. The summed E-state index contributed by atoms with van der Waals surface area (Å²) in [4.78, 5) is 4.37. The lowest BCUT2D eigenvalue weighted by atomic mass is 10.3. The molecule has 0 saturated heterocycles. The number of anilines is 1. The Hall–Kier alpha value is -2.30. The van der Waals surface area contributed by atoms with E-state index in [2.05, 4.69) is 22.3 Å². The van der Waals surface area contributed by atoms with Crippen molar-refractivity contribution in [2.24, 2.45) is 0 Å². The van der Waals surface area contributed by atoms with Crippen molar-refractivity contribution in [1.29, 1.82) is 0 Å². The molecule has 0 spiro atoms. The van der Waals surface area contributed by atoms with Gasteiger partial charge in [0.15, 0.2) is 5.58 Å². The van der Waals surface area contributed by atoms with Crippen molar-refractivity contribution in [3.63, 3.8) is 0 Å². The van der Waals surface area contributed by atoms with Crippen molar-refractivity contribution in [3.05, 3.63) is 42.7 Å². The molecule has 92 valence electrons. The van der Waals surface area contributed by atoms with Gasteiger partial charge < -0.3 is 9.73 Å². The Bertz CT molecular complexity index is 596. The van der Waals surface area contributed by atoms with Crippen LogP contribution in [-0.4, -0.2) is 20.8 Å². The second-order valence-corrected chi connectivity index (χ2v) is 4.26. The van der Waals surface area contributed by atoms with Crippen molar-refractivity contribution >= 4 is 17.1 Å². The van der Waals surface area contributed by atoms with Gasteiger partial charge >= 0.3 is 0 Å². The Labute approximate surface area is 104 Å². The predicted octanol–water partition coefficient (Wildman–Crippen LogP) is 2.52. The number of hydrogen-bond acceptors (Lipinski definition) is 4. The van der Waals surface area contributed by atoms with Crippen LogP contribution in [0.3, 0.4) is 0 Å². The topological polar surface area (TPSA) is 55.9 Å². The molecule has 1 N–H and O–H groups in total. The molecule has 5 heteroatoms. The van der Waals surface area contributed by atoms with Crippen LogP contribution in [0.1, 0.15) is 6.92 Å². The minimum Gasteiger partial charge on any atom is -0.424 e. The van der Waals surface area contributed by atoms with Crippen LogP contribution in [0.5, 0.6) is 0 Å². The number of aromatic nitrogens is 3. The highest BCUT2D eigenvalue weighted by Gasteiger charge is 2.08. The normalized spacial score (nSPS) is 12.7. The maximum Gasteiger partial charge on any atom is 0.295 e. The third kappa shape index (κ3) is 2.20. The maximum atomic E-state index is 5.61. The van der Waals surface area contributed by atoms with Gasteiger partial charge in [-0.2, -0.15) is 10.1 Å². The van der Waals surface area contributed by atoms with E-state index in [-0.39, 0.29) is 6.04 Å². The number of benzene rings is 1. The fourth-order valence-corrected chi connectivity index (χ4v) is 1.88. The average molecular weight is 242 g/mol. The van der Waals surface area contributed by atoms with Crippen molar-refractivity contribution in [2.75, 3.05) is 5.32 Å². The standard InChI is InChI=1S/C13H14N4O/c1-10(9-17-8-4-7-14-17)15-13-16-11-5-2-3-6-12(11)18-13/h2-8,10H,9H2,1H3,(H,15,16). The molecule has 0 bridgehead atoms. The fraction of sp³-hybridized carbons (Fsp3) is 0.231. The number of rotatable bonds is 4. The van der Waals surface area contributed by atoms with E-state index in [1.54, 1.807) is 6.20 Å². The van der Waals surface area contributed by atoms with Crippen LogP contribution >= 0.6 is 0 Å². The average Bonchev–Trinajstić information content (AvgIpc) is 2.96. The summed E-state index contributed by atoms with van der Waals surface area (Å²) in [5.41, 5.74) is 1.66. The van der Waals surface area contributed by atoms with Crippen molar-refractivity contribution < 1.29 is 4.42 Å². The molecule has 0 amide bonds. The molecule has 0 fully saturated rings. The van der Waals surface area contributed by atoms with Gasteiger partial charge in [0.1, 0.15) is 5.52 Å². The van der Waals surface area contributed by atoms with Gasteiger partial charge in [0, 0.05) is 18.4 Å². The molecule has 0 radical (unpaired) electrons. The maximum absolute atomic E-state index is 5.61. The summed E-state index contributed by atoms with van der Waals surface area (Å²) in [5.74, 6) is 0. The van der Waals surface area contributed by atoms with Gasteiger partial charge in [-0.05, 0) is 25.1 Å². The molecule has 1 aromatic carbocycles. The Balaban J connectivity index is 1.71. The van der Waals surface area contributed by atoms with E-state index < -0.39 is 0 Å². The first-order chi connectivity index (χ1) is 8.81. The minimum absolute atomic E-state index is 0.193. The number of oxazole rings is 1. The quantitative estimate of drug-likeness (QED) is 0.763. The molecular formula is C13H14N4O. The fourth-order valence-electron chi connectivity index (χ4n) is 1.88. The van der Waals surface area contributed by atoms with Gasteiger partial charge in [-0.1, -0.05) is 12.1 Å². The number of nitrogens with zero attached hydrogens (tertiary/aromatic N) is 3. The second-order valence-electron chi connectivity index (χ2n) is 4.26. The highest BCUT2D eigenvalue weighted by Crippen LogP contribution is 2.18. The van der Waals surface area contributed by atoms with Gasteiger partial charge in [-0.15, -0.1) is 0 Å². The Morgan fingerprint density at radius 1 is 1.33 bits per heavy atom. The Morgan fingerprint density at radius 3 is 3.00 bits per heavy atom. The van der Waals surface area contributed by atoms with Crippen LogP contribution < -0.4 is 5.32 Å². The molecule has 0 saturated carbocycles. The Morgan fingerprint density at radius 2 is 2.22 bits per heavy atom. The smallest absolute Gasteiger partial charge is 0.295 e. The molecule has 0 aliphatic carbocycles. The summed E-state index contributed by atoms with van der Waals surface area (Å²) in [6.07, 6.45) is 3.70. The first-order valence-corrected chi connectivity index (χ1v) is 5.91. The molecule has 5 nitrogen and oxygen atoms in total. The van der Waals surface area contributed by atoms with E-state index in [1.807, 2.05) is 41.2 Å². The lowest BCUT2D eigenvalue weighted by molar-refractivity contribution is 0.535. The van der Waals surface area contributed by atoms with Crippen LogP contribution in [-0.2, 0) is 6.54 Å². The first kappa shape index (κ1) is 10.8. The molecule has 2 heterocycles. The minimum atomic E-state index is 0.193. The highest BCUT2D eigenvalue weighted by molar-refractivity contribution is 5.74. The van der Waals surface area contributed by atoms with Gasteiger partial charge in [-0.25, -0.2) is 0 Å². The van der Waals surface area contributed by atoms with Crippen LogP contribution in [0, 0.1) is 0 Å². The zero-order chi connectivity index (χ0) is 12.4. The summed E-state index contributed by atoms with van der Waals surface area (Å²) in [5, 5.41) is 7.40. The molecule has 2 aromatic heterocycles. The van der Waals surface area contributed by atoms with Gasteiger partial charge in [-0.3, -0.25) is 4.68 Å². The van der Waals surface area contributed by atoms with Gasteiger partial charge in [0.2, 0.25) is 0 Å². The van der Waals surface area contributed by atoms with Gasteiger partial charge in [0.05, 0.1) is 6.54 Å². The molecule has 3 rings (SSSR count). The lowest BCUT2D eigenvalue weighted by Gasteiger charge is -2.11.